The van der Waals surface area contributed by atoms with Crippen molar-refractivity contribution in [3.63, 3.8) is 0 Å². The van der Waals surface area contributed by atoms with Gasteiger partial charge in [0.15, 0.2) is 21.7 Å². The van der Waals surface area contributed by atoms with Gasteiger partial charge in [-0.1, -0.05) is 70.7 Å². The number of amides is 1. The molecular formula is C54H70Cl4N4O14S2. The van der Waals surface area contributed by atoms with Gasteiger partial charge in [-0.05, 0) is 109 Å². The van der Waals surface area contributed by atoms with Gasteiger partial charge in [0.2, 0.25) is 10.0 Å². The molecule has 78 heavy (non-hydrogen) atoms. The second-order valence-electron chi connectivity index (χ2n) is 19.0. The van der Waals surface area contributed by atoms with E-state index in [9.17, 15) is 36.6 Å². The number of sulfonamides is 1. The van der Waals surface area contributed by atoms with Gasteiger partial charge in [-0.15, -0.1) is 0 Å². The van der Waals surface area contributed by atoms with Crippen molar-refractivity contribution in [3.05, 3.63) is 126 Å². The average Bonchev–Trinajstić information content (AvgIpc) is 3.50. The second-order valence-corrected chi connectivity index (χ2v) is 24.6. The summed E-state index contributed by atoms with van der Waals surface area (Å²) in [5.74, 6) is -1.90. The molecule has 4 N–H and O–H groups in total. The number of likely N-dealkylation sites (N-methyl/N-ethyl adjacent to an activating group) is 2. The van der Waals surface area contributed by atoms with Crippen molar-refractivity contribution >= 4 is 78.0 Å². The Morgan fingerprint density at radius 3 is 1.56 bits per heavy atom. The van der Waals surface area contributed by atoms with Crippen LogP contribution in [0.15, 0.2) is 82.6 Å². The highest BCUT2D eigenvalue weighted by atomic mass is 35.5. The number of carbonyl (C=O) groups excluding carboxylic acids is 2. The molecule has 2 unspecified atom stereocenters. The van der Waals surface area contributed by atoms with Gasteiger partial charge in [0.05, 0.1) is 81.6 Å². The molecule has 2 aliphatic rings. The third-order valence-corrected chi connectivity index (χ3v) is 17.4. The van der Waals surface area contributed by atoms with Gasteiger partial charge in [0.1, 0.15) is 6.10 Å². The van der Waals surface area contributed by atoms with Gasteiger partial charge in [-0.25, -0.2) is 21.6 Å². The van der Waals surface area contributed by atoms with Crippen LogP contribution in [-0.4, -0.2) is 186 Å². The number of rotatable bonds is 34. The van der Waals surface area contributed by atoms with E-state index in [1.807, 2.05) is 38.4 Å². The number of hydrogen-bond acceptors (Lipinski definition) is 16. The quantitative estimate of drug-likeness (QED) is 0.0400. The number of Topliss-reactive ketones (excluding diaryl/α,β-unsaturated/α-hetero) is 1. The molecule has 0 bridgehead atoms. The lowest BCUT2D eigenvalue weighted by Gasteiger charge is -2.33. The zero-order chi connectivity index (χ0) is 56.2. The van der Waals surface area contributed by atoms with Crippen LogP contribution in [-0.2, 0) is 71.0 Å². The largest absolute Gasteiger partial charge is 0.382 e. The van der Waals surface area contributed by atoms with Crippen LogP contribution in [0.5, 0.6) is 0 Å². The summed E-state index contributed by atoms with van der Waals surface area (Å²) in [6, 6.07) is 21.1. The van der Waals surface area contributed by atoms with E-state index in [1.54, 1.807) is 48.5 Å². The maximum Gasteiger partial charge on any atom is 0.252 e. The molecule has 4 atom stereocenters. The second kappa shape index (κ2) is 31.7. The average molecular weight is 1210 g/mol. The molecule has 430 valence electrons. The van der Waals surface area contributed by atoms with Crippen LogP contribution >= 0.6 is 46.4 Å². The van der Waals surface area contributed by atoms with Crippen molar-refractivity contribution in [2.24, 2.45) is 0 Å². The summed E-state index contributed by atoms with van der Waals surface area (Å²) in [6.45, 7) is 5.32. The summed E-state index contributed by atoms with van der Waals surface area (Å²) >= 11 is 25.7. The van der Waals surface area contributed by atoms with Crippen LogP contribution in [0.2, 0.25) is 20.1 Å². The number of aliphatic hydroxyl groups excluding tert-OH is 2. The standard InChI is InChI=1S/C54H70Cl4N4O14S2/c1-61-33-45(43-29-39(55)31-49(57)47(43)35-61)37-7-3-9-41(27-37)77(67,68)26-6-15-72-19-23-75-22-18-71-14-5-11-51(63)52(64)53(65)54(66)59-12-16-73-20-24-76-25-21-74-17-13-60-78(69,70)42-10-4-8-38(28-42)46-34-62(2)36-48-44(46)30-40(56)32-50(48)58/h3-4,7-10,27-32,45-46,52-53,60,64-65H,5-6,11-26,33-36H2,1-2H3,(H,59,66)/t45?,46?,52-,53-/m0/s1. The summed E-state index contributed by atoms with van der Waals surface area (Å²) in [4.78, 5) is 29.4. The number of nitrogens with one attached hydrogen (secondary N) is 2. The first-order valence-corrected chi connectivity index (χ1v) is 30.4. The monoisotopic (exact) mass is 1200 g/mol. The molecule has 0 radical (unpaired) electrons. The Morgan fingerprint density at radius 2 is 1.04 bits per heavy atom. The molecule has 0 saturated carbocycles. The number of carbonyl (C=O) groups is 2. The van der Waals surface area contributed by atoms with Crippen LogP contribution in [0.1, 0.15) is 64.5 Å². The van der Waals surface area contributed by atoms with E-state index < -0.39 is 43.8 Å². The van der Waals surface area contributed by atoms with Crippen LogP contribution < -0.4 is 10.0 Å². The zero-order valence-corrected chi connectivity index (χ0v) is 48.5. The number of aliphatic hydroxyl groups is 2. The van der Waals surface area contributed by atoms with Gasteiger partial charge in [0, 0.05) is 90.8 Å². The molecule has 0 spiro atoms. The number of fused-ring (bicyclic) bond motifs is 2. The fraction of sp³-hybridized carbons (Fsp3) is 0.519. The van der Waals surface area contributed by atoms with E-state index in [2.05, 4.69) is 19.8 Å². The van der Waals surface area contributed by atoms with E-state index in [1.165, 1.54) is 0 Å². The number of ether oxygens (including phenoxy) is 6. The minimum Gasteiger partial charge on any atom is -0.382 e. The molecule has 6 rings (SSSR count). The number of halogens is 4. The maximum absolute atomic E-state index is 13.3. The zero-order valence-electron chi connectivity index (χ0n) is 43.8. The number of ketones is 1. The third kappa shape index (κ3) is 19.4. The summed E-state index contributed by atoms with van der Waals surface area (Å²) in [5, 5.41) is 25.1. The molecule has 4 aromatic rings. The lowest BCUT2D eigenvalue weighted by molar-refractivity contribution is -0.145. The predicted molar refractivity (Wildman–Crippen MR) is 298 cm³/mol. The molecular weight excluding hydrogens is 1130 g/mol. The van der Waals surface area contributed by atoms with Crippen LogP contribution in [0, 0.1) is 0 Å². The highest BCUT2D eigenvalue weighted by Gasteiger charge is 2.31. The van der Waals surface area contributed by atoms with Crippen molar-refractivity contribution < 1.29 is 65.1 Å². The molecule has 18 nitrogen and oxygen atoms in total. The summed E-state index contributed by atoms with van der Waals surface area (Å²) < 4.78 is 88.3. The van der Waals surface area contributed by atoms with E-state index in [-0.39, 0.29) is 133 Å². The predicted octanol–water partition coefficient (Wildman–Crippen LogP) is 5.88. The fourth-order valence-corrected chi connectivity index (χ4v) is 12.7. The van der Waals surface area contributed by atoms with Crippen molar-refractivity contribution in [1.29, 1.82) is 0 Å². The van der Waals surface area contributed by atoms with Crippen molar-refractivity contribution in [1.82, 2.24) is 19.8 Å². The topological polar surface area (TPSA) is 229 Å². The highest BCUT2D eigenvalue weighted by Crippen LogP contribution is 2.40. The number of nitrogens with zero attached hydrogens (tertiary/aromatic N) is 2. The highest BCUT2D eigenvalue weighted by molar-refractivity contribution is 7.91. The molecule has 24 heteroatoms. The first-order chi connectivity index (χ1) is 37.3. The van der Waals surface area contributed by atoms with Gasteiger partial charge >= 0.3 is 0 Å². The Bertz CT molecular complexity index is 2650. The van der Waals surface area contributed by atoms with Gasteiger partial charge in [0.25, 0.3) is 5.91 Å². The Hall–Kier alpha value is -3.36. The van der Waals surface area contributed by atoms with E-state index in [0.717, 1.165) is 33.4 Å². The summed E-state index contributed by atoms with van der Waals surface area (Å²) in [7, 11) is -3.39. The Kier molecular flexibility index (Phi) is 26.0. The normalized spacial score (nSPS) is 16.9. The lowest BCUT2D eigenvalue weighted by atomic mass is 9.85. The number of benzene rings is 4. The first kappa shape index (κ1) is 63.8. The Labute approximate surface area is 477 Å². The van der Waals surface area contributed by atoms with Gasteiger partial charge in [-0.2, -0.15) is 0 Å². The summed E-state index contributed by atoms with van der Waals surface area (Å²) in [6.07, 6.45) is -3.43. The lowest BCUT2D eigenvalue weighted by Crippen LogP contribution is -2.46. The molecule has 2 heterocycles. The maximum atomic E-state index is 13.3. The van der Waals surface area contributed by atoms with E-state index in [4.69, 9.17) is 74.8 Å². The van der Waals surface area contributed by atoms with Gasteiger partial charge in [-0.3, -0.25) is 9.59 Å². The Balaban J connectivity index is 0.717. The number of hydrogen-bond donors (Lipinski definition) is 4. The van der Waals surface area contributed by atoms with Gasteiger partial charge < -0.3 is 53.8 Å². The molecule has 0 aromatic heterocycles. The minimum absolute atomic E-state index is 0.0151. The third-order valence-electron chi connectivity index (χ3n) is 13.1. The molecule has 0 fully saturated rings. The molecule has 4 aromatic carbocycles. The minimum atomic E-state index is -3.82. The molecule has 2 aliphatic heterocycles. The molecule has 1 amide bonds. The first-order valence-electron chi connectivity index (χ1n) is 25.7. The van der Waals surface area contributed by atoms with Crippen molar-refractivity contribution in [2.45, 2.75) is 66.2 Å². The van der Waals surface area contributed by atoms with E-state index >= 15 is 0 Å². The SMILES string of the molecule is CN1Cc2c(Cl)cc(Cl)cc2C(c2cccc(S(=O)(=O)CCCOCCOCCOCCCC(=O)[C@H](O)[C@H](O)C(=O)NCCOCCOCCOCCNS(=O)(=O)c3cccc(C4CN(C)Cc5c(Cl)cc(Cl)cc54)c3)c2)C1. The van der Waals surface area contributed by atoms with Crippen molar-refractivity contribution in [3.8, 4) is 0 Å². The Morgan fingerprint density at radius 1 is 0.590 bits per heavy atom. The fourth-order valence-electron chi connectivity index (χ4n) is 9.14. The molecule has 0 aliphatic carbocycles. The van der Waals surface area contributed by atoms with Crippen LogP contribution in [0.25, 0.3) is 0 Å². The van der Waals surface area contributed by atoms with Crippen LogP contribution in [0.4, 0.5) is 0 Å². The smallest absolute Gasteiger partial charge is 0.252 e. The van der Waals surface area contributed by atoms with Crippen LogP contribution in [0.3, 0.4) is 0 Å². The van der Waals surface area contributed by atoms with E-state index in [0.29, 0.717) is 52.7 Å². The van der Waals surface area contributed by atoms with Crippen molar-refractivity contribution in [2.75, 3.05) is 125 Å². The summed E-state index contributed by atoms with van der Waals surface area (Å²) in [5.41, 5.74) is 5.67. The number of sulfone groups is 1. The molecule has 0 saturated heterocycles.